The molecule has 1 aromatic heterocycles. The van der Waals surface area contributed by atoms with E-state index in [4.69, 9.17) is 11.6 Å². The molecular formula is C15H16BrClN2. The van der Waals surface area contributed by atoms with Crippen LogP contribution in [-0.4, -0.2) is 9.97 Å². The molecule has 0 radical (unpaired) electrons. The van der Waals surface area contributed by atoms with Crippen LogP contribution in [0.1, 0.15) is 37.9 Å². The quantitative estimate of drug-likeness (QED) is 0.736. The van der Waals surface area contributed by atoms with Crippen LogP contribution < -0.4 is 0 Å². The van der Waals surface area contributed by atoms with E-state index >= 15 is 0 Å². The van der Waals surface area contributed by atoms with E-state index in [2.05, 4.69) is 58.8 Å². The predicted octanol–water partition coefficient (Wildman–Crippen LogP) is 4.78. The molecule has 0 unspecified atom stereocenters. The SMILES string of the molecule is CC(C)(C)c1cc(Cl)nc(Cc2cccc(Br)c2)n1. The molecule has 0 atom stereocenters. The molecule has 0 N–H and O–H groups in total. The van der Waals surface area contributed by atoms with Crippen molar-refractivity contribution in [2.45, 2.75) is 32.6 Å². The fraction of sp³-hybridized carbons (Fsp3) is 0.333. The van der Waals surface area contributed by atoms with E-state index in [1.54, 1.807) is 0 Å². The number of benzene rings is 1. The Kier molecular flexibility index (Phi) is 4.26. The molecule has 0 aliphatic heterocycles. The Labute approximate surface area is 127 Å². The van der Waals surface area contributed by atoms with Gasteiger partial charge in [-0.2, -0.15) is 0 Å². The molecule has 0 saturated heterocycles. The van der Waals surface area contributed by atoms with E-state index in [1.807, 2.05) is 18.2 Å². The van der Waals surface area contributed by atoms with E-state index in [-0.39, 0.29) is 5.41 Å². The van der Waals surface area contributed by atoms with Crippen molar-refractivity contribution < 1.29 is 0 Å². The molecule has 2 aromatic rings. The zero-order chi connectivity index (χ0) is 14.0. The fourth-order valence-electron chi connectivity index (χ4n) is 1.76. The van der Waals surface area contributed by atoms with Crippen molar-refractivity contribution in [1.82, 2.24) is 9.97 Å². The lowest BCUT2D eigenvalue weighted by Gasteiger charge is -2.18. The maximum absolute atomic E-state index is 6.09. The van der Waals surface area contributed by atoms with Gasteiger partial charge in [0.15, 0.2) is 0 Å². The Morgan fingerprint density at radius 2 is 1.89 bits per heavy atom. The second-order valence-electron chi connectivity index (χ2n) is 5.55. The first-order valence-electron chi connectivity index (χ1n) is 6.13. The van der Waals surface area contributed by atoms with Gasteiger partial charge in [0, 0.05) is 16.3 Å². The number of nitrogens with zero attached hydrogens (tertiary/aromatic N) is 2. The first-order chi connectivity index (χ1) is 8.84. The normalized spacial score (nSPS) is 11.6. The molecule has 0 aliphatic rings. The average Bonchev–Trinajstić information content (AvgIpc) is 2.26. The zero-order valence-electron chi connectivity index (χ0n) is 11.2. The van der Waals surface area contributed by atoms with Crippen LogP contribution in [0.3, 0.4) is 0 Å². The van der Waals surface area contributed by atoms with Gasteiger partial charge in [0.2, 0.25) is 0 Å². The molecule has 100 valence electrons. The maximum Gasteiger partial charge on any atom is 0.134 e. The van der Waals surface area contributed by atoms with Crippen molar-refractivity contribution in [3.63, 3.8) is 0 Å². The largest absolute Gasteiger partial charge is 0.237 e. The minimum Gasteiger partial charge on any atom is -0.237 e. The van der Waals surface area contributed by atoms with Crippen LogP contribution in [0, 0.1) is 0 Å². The molecule has 2 rings (SSSR count). The molecule has 2 nitrogen and oxygen atoms in total. The van der Waals surface area contributed by atoms with Crippen LogP contribution in [0.25, 0.3) is 0 Å². The van der Waals surface area contributed by atoms with Gasteiger partial charge in [-0.1, -0.05) is 60.4 Å². The summed E-state index contributed by atoms with van der Waals surface area (Å²) in [6.07, 6.45) is 0.684. The zero-order valence-corrected chi connectivity index (χ0v) is 13.6. The van der Waals surface area contributed by atoms with Crippen molar-refractivity contribution in [3.8, 4) is 0 Å². The summed E-state index contributed by atoms with van der Waals surface area (Å²) in [6, 6.07) is 9.98. The standard InChI is InChI=1S/C15H16BrClN2/c1-15(2,3)12-9-13(17)19-14(18-12)8-10-5-4-6-11(16)7-10/h4-7,9H,8H2,1-3H3. The Bertz CT molecular complexity index is 591. The highest BCUT2D eigenvalue weighted by Crippen LogP contribution is 2.23. The highest BCUT2D eigenvalue weighted by molar-refractivity contribution is 9.10. The third-order valence-electron chi connectivity index (χ3n) is 2.76. The Morgan fingerprint density at radius 3 is 2.53 bits per heavy atom. The number of hydrogen-bond donors (Lipinski definition) is 0. The number of aromatic nitrogens is 2. The van der Waals surface area contributed by atoms with Gasteiger partial charge in [-0.25, -0.2) is 9.97 Å². The summed E-state index contributed by atoms with van der Waals surface area (Å²) in [7, 11) is 0. The lowest BCUT2D eigenvalue weighted by molar-refractivity contribution is 0.563. The molecule has 0 aliphatic carbocycles. The van der Waals surface area contributed by atoms with E-state index in [1.165, 1.54) is 0 Å². The molecule has 0 amide bonds. The minimum atomic E-state index is -0.0292. The summed E-state index contributed by atoms with van der Waals surface area (Å²) in [5.41, 5.74) is 2.10. The molecular weight excluding hydrogens is 324 g/mol. The van der Waals surface area contributed by atoms with Crippen molar-refractivity contribution >= 4 is 27.5 Å². The van der Waals surface area contributed by atoms with Gasteiger partial charge >= 0.3 is 0 Å². The van der Waals surface area contributed by atoms with Gasteiger partial charge < -0.3 is 0 Å². The molecule has 19 heavy (non-hydrogen) atoms. The third-order valence-corrected chi connectivity index (χ3v) is 3.45. The lowest BCUT2D eigenvalue weighted by atomic mass is 9.92. The van der Waals surface area contributed by atoms with Gasteiger partial charge in [0.05, 0.1) is 5.69 Å². The molecule has 0 spiro atoms. The van der Waals surface area contributed by atoms with Gasteiger partial charge in [-0.15, -0.1) is 0 Å². The Balaban J connectivity index is 2.33. The van der Waals surface area contributed by atoms with E-state index in [0.717, 1.165) is 21.6 Å². The highest BCUT2D eigenvalue weighted by atomic mass is 79.9. The van der Waals surface area contributed by atoms with Crippen molar-refractivity contribution in [1.29, 1.82) is 0 Å². The van der Waals surface area contributed by atoms with Crippen molar-refractivity contribution in [3.05, 3.63) is 57.0 Å². The number of halogens is 2. The molecule has 4 heteroatoms. The highest BCUT2D eigenvalue weighted by Gasteiger charge is 2.17. The molecule has 0 saturated carbocycles. The number of rotatable bonds is 2. The van der Waals surface area contributed by atoms with Crippen LogP contribution >= 0.6 is 27.5 Å². The molecule has 0 bridgehead atoms. The average molecular weight is 340 g/mol. The third kappa shape index (κ3) is 4.02. The van der Waals surface area contributed by atoms with Gasteiger partial charge in [0.1, 0.15) is 11.0 Å². The van der Waals surface area contributed by atoms with Crippen LogP contribution in [-0.2, 0) is 11.8 Å². The summed E-state index contributed by atoms with van der Waals surface area (Å²) < 4.78 is 1.06. The van der Waals surface area contributed by atoms with Gasteiger partial charge in [-0.05, 0) is 23.8 Å². The maximum atomic E-state index is 6.09. The predicted molar refractivity (Wildman–Crippen MR) is 82.7 cm³/mol. The summed E-state index contributed by atoms with van der Waals surface area (Å²) in [4.78, 5) is 8.93. The smallest absolute Gasteiger partial charge is 0.134 e. The van der Waals surface area contributed by atoms with Crippen LogP contribution in [0.15, 0.2) is 34.8 Å². The van der Waals surface area contributed by atoms with Crippen molar-refractivity contribution in [2.24, 2.45) is 0 Å². The van der Waals surface area contributed by atoms with Gasteiger partial charge in [0.25, 0.3) is 0 Å². The van der Waals surface area contributed by atoms with E-state index in [9.17, 15) is 0 Å². The van der Waals surface area contributed by atoms with Crippen LogP contribution in [0.4, 0.5) is 0 Å². The second kappa shape index (κ2) is 5.59. The molecule has 1 aromatic carbocycles. The fourth-order valence-corrected chi connectivity index (χ4v) is 2.41. The van der Waals surface area contributed by atoms with Gasteiger partial charge in [-0.3, -0.25) is 0 Å². The summed E-state index contributed by atoms with van der Waals surface area (Å²) in [5, 5.41) is 0.505. The first-order valence-corrected chi connectivity index (χ1v) is 7.30. The topological polar surface area (TPSA) is 25.8 Å². The van der Waals surface area contributed by atoms with Crippen molar-refractivity contribution in [2.75, 3.05) is 0 Å². The van der Waals surface area contributed by atoms with Crippen LogP contribution in [0.2, 0.25) is 5.15 Å². The minimum absolute atomic E-state index is 0.0292. The summed E-state index contributed by atoms with van der Waals surface area (Å²) in [5.74, 6) is 0.760. The van der Waals surface area contributed by atoms with E-state index in [0.29, 0.717) is 11.6 Å². The van der Waals surface area contributed by atoms with Crippen LogP contribution in [0.5, 0.6) is 0 Å². The van der Waals surface area contributed by atoms with E-state index < -0.39 is 0 Å². The summed E-state index contributed by atoms with van der Waals surface area (Å²) >= 11 is 9.56. The molecule has 1 heterocycles. The monoisotopic (exact) mass is 338 g/mol. The second-order valence-corrected chi connectivity index (χ2v) is 6.85. The Hall–Kier alpha value is -0.930. The lowest BCUT2D eigenvalue weighted by Crippen LogP contribution is -2.15. The Morgan fingerprint density at radius 1 is 1.16 bits per heavy atom. The molecule has 0 fully saturated rings. The number of hydrogen-bond acceptors (Lipinski definition) is 2. The first kappa shape index (κ1) is 14.5. The summed E-state index contributed by atoms with van der Waals surface area (Å²) in [6.45, 7) is 6.36.